The Kier molecular flexibility index (Phi) is 4.72. The van der Waals surface area contributed by atoms with Crippen LogP contribution in [0.1, 0.15) is 32.8 Å². The average Bonchev–Trinajstić information content (AvgIpc) is 2.99. The third kappa shape index (κ3) is 3.55. The second-order valence-corrected chi connectivity index (χ2v) is 7.98. The molecule has 8 nitrogen and oxygen atoms in total. The van der Waals surface area contributed by atoms with E-state index in [4.69, 9.17) is 4.74 Å². The van der Waals surface area contributed by atoms with Crippen molar-refractivity contribution in [1.82, 2.24) is 24.6 Å². The van der Waals surface area contributed by atoms with Crippen LogP contribution in [0.3, 0.4) is 0 Å². The van der Waals surface area contributed by atoms with Crippen molar-refractivity contribution in [3.63, 3.8) is 0 Å². The largest absolute Gasteiger partial charge is 0.389 e. The van der Waals surface area contributed by atoms with Gasteiger partial charge in [-0.05, 0) is 17.4 Å². The van der Waals surface area contributed by atoms with Gasteiger partial charge < -0.3 is 15.2 Å². The van der Waals surface area contributed by atoms with Crippen molar-refractivity contribution in [2.45, 2.75) is 44.8 Å². The van der Waals surface area contributed by atoms with Gasteiger partial charge in [-0.15, -0.1) is 5.10 Å². The predicted molar refractivity (Wildman–Crippen MR) is 102 cm³/mol. The van der Waals surface area contributed by atoms with Crippen LogP contribution in [0.4, 0.5) is 10.3 Å². The Hall–Kier alpha value is -2.65. The van der Waals surface area contributed by atoms with E-state index in [-0.39, 0.29) is 23.6 Å². The number of nitrogens with zero attached hydrogens (tertiary/aromatic N) is 5. The highest BCUT2D eigenvalue weighted by atomic mass is 19.1. The summed E-state index contributed by atoms with van der Waals surface area (Å²) in [6.45, 7) is 7.04. The van der Waals surface area contributed by atoms with Gasteiger partial charge in [-0.3, -0.25) is 0 Å². The van der Waals surface area contributed by atoms with Crippen molar-refractivity contribution in [3.05, 3.63) is 36.0 Å². The van der Waals surface area contributed by atoms with Crippen LogP contribution in [0.5, 0.6) is 0 Å². The molecule has 4 heterocycles. The smallest absolute Gasteiger partial charge is 0.241 e. The van der Waals surface area contributed by atoms with Crippen molar-refractivity contribution < 1.29 is 14.2 Å². The fraction of sp³-hybridized carbons (Fsp3) is 0.474. The molecule has 0 bridgehead atoms. The lowest BCUT2D eigenvalue weighted by molar-refractivity contribution is -0.0136. The van der Waals surface area contributed by atoms with E-state index in [1.54, 1.807) is 12.4 Å². The van der Waals surface area contributed by atoms with Crippen molar-refractivity contribution in [3.8, 4) is 11.5 Å². The number of ether oxygens (including phenoxy) is 1. The molecule has 1 saturated heterocycles. The van der Waals surface area contributed by atoms with Gasteiger partial charge in [0.25, 0.3) is 0 Å². The fourth-order valence-electron chi connectivity index (χ4n) is 3.08. The molecule has 28 heavy (non-hydrogen) atoms. The summed E-state index contributed by atoms with van der Waals surface area (Å²) in [5, 5.41) is 17.5. The summed E-state index contributed by atoms with van der Waals surface area (Å²) in [4.78, 5) is 13.0. The molecule has 0 saturated carbocycles. The number of aromatic nitrogens is 5. The van der Waals surface area contributed by atoms with Crippen LogP contribution >= 0.6 is 0 Å². The number of hydrogen-bond donors (Lipinski definition) is 2. The zero-order valence-electron chi connectivity index (χ0n) is 16.1. The van der Waals surface area contributed by atoms with Crippen LogP contribution in [0.25, 0.3) is 17.0 Å². The van der Waals surface area contributed by atoms with Crippen LogP contribution in [0, 0.1) is 5.82 Å². The van der Waals surface area contributed by atoms with Gasteiger partial charge in [0.1, 0.15) is 11.2 Å². The molecule has 148 valence electrons. The first-order valence-corrected chi connectivity index (χ1v) is 9.22. The number of aliphatic hydroxyl groups is 1. The lowest BCUT2D eigenvalue weighted by Gasteiger charge is -2.28. The zero-order chi connectivity index (χ0) is 19.9. The Bertz CT molecular complexity index is 982. The normalized spacial score (nSPS) is 20.5. The van der Waals surface area contributed by atoms with Gasteiger partial charge in [-0.25, -0.2) is 23.9 Å². The van der Waals surface area contributed by atoms with Crippen molar-refractivity contribution >= 4 is 11.5 Å². The molecule has 0 spiro atoms. The topological polar surface area (TPSA) is 97.5 Å². The highest BCUT2D eigenvalue weighted by molar-refractivity contribution is 5.62. The van der Waals surface area contributed by atoms with Crippen molar-refractivity contribution in [2.75, 3.05) is 18.5 Å². The molecule has 0 amide bonds. The number of nitrogens with one attached hydrogen (secondary N) is 1. The molecule has 4 rings (SSSR count). The van der Waals surface area contributed by atoms with E-state index in [0.29, 0.717) is 30.5 Å². The maximum Gasteiger partial charge on any atom is 0.241 e. The van der Waals surface area contributed by atoms with Gasteiger partial charge in [0.15, 0.2) is 11.6 Å². The second kappa shape index (κ2) is 7.06. The quantitative estimate of drug-likeness (QED) is 0.712. The molecule has 0 aliphatic carbocycles. The van der Waals surface area contributed by atoms with E-state index in [1.807, 2.05) is 0 Å². The van der Waals surface area contributed by atoms with Crippen LogP contribution < -0.4 is 5.32 Å². The lowest BCUT2D eigenvalue weighted by atomic mass is 9.89. The van der Waals surface area contributed by atoms with E-state index in [1.165, 1.54) is 16.8 Å². The van der Waals surface area contributed by atoms with Crippen LogP contribution in [0.2, 0.25) is 0 Å². The molecule has 0 aromatic carbocycles. The maximum absolute atomic E-state index is 14.4. The number of rotatable bonds is 3. The van der Waals surface area contributed by atoms with Gasteiger partial charge in [-0.2, -0.15) is 0 Å². The Labute approximate surface area is 161 Å². The first-order chi connectivity index (χ1) is 13.3. The van der Waals surface area contributed by atoms with Gasteiger partial charge in [-0.1, -0.05) is 20.8 Å². The van der Waals surface area contributed by atoms with E-state index in [2.05, 4.69) is 46.1 Å². The molecule has 9 heteroatoms. The molecule has 2 atom stereocenters. The van der Waals surface area contributed by atoms with E-state index >= 15 is 0 Å². The summed E-state index contributed by atoms with van der Waals surface area (Å²) in [6.07, 6.45) is 4.88. The molecule has 3 aromatic rings. The van der Waals surface area contributed by atoms with Gasteiger partial charge in [0.2, 0.25) is 5.95 Å². The van der Waals surface area contributed by atoms with Gasteiger partial charge >= 0.3 is 0 Å². The lowest BCUT2D eigenvalue weighted by Crippen LogP contribution is -2.42. The molecular weight excluding hydrogens is 363 g/mol. The minimum Gasteiger partial charge on any atom is -0.389 e. The summed E-state index contributed by atoms with van der Waals surface area (Å²) in [6, 6.07) is 1.13. The molecule has 1 aliphatic rings. The Balaban J connectivity index is 1.69. The standard InChI is InChI=1S/C19H23FN6O2/c1-19(2,3)11-7-21-17(22-8-11)14-6-12(20)15-9-23-18(25-26(14)15)24-13-4-5-28-10-16(13)27/h6-9,13,16,27H,4-5,10H2,1-3H3,(H,24,25)/t13-,16-/m1/s1. The minimum atomic E-state index is -0.651. The Morgan fingerprint density at radius 2 is 1.96 bits per heavy atom. The second-order valence-electron chi connectivity index (χ2n) is 7.98. The summed E-state index contributed by atoms with van der Waals surface area (Å²) < 4.78 is 21.0. The summed E-state index contributed by atoms with van der Waals surface area (Å²) in [7, 11) is 0. The maximum atomic E-state index is 14.4. The summed E-state index contributed by atoms with van der Waals surface area (Å²) in [5.74, 6) is 0.223. The number of fused-ring (bicyclic) bond motifs is 1. The molecule has 3 aromatic heterocycles. The molecule has 1 aliphatic heterocycles. The Morgan fingerprint density at radius 1 is 1.21 bits per heavy atom. The third-order valence-electron chi connectivity index (χ3n) is 4.86. The third-order valence-corrected chi connectivity index (χ3v) is 4.86. The minimum absolute atomic E-state index is 0.0746. The van der Waals surface area contributed by atoms with E-state index in [0.717, 1.165) is 5.56 Å². The van der Waals surface area contributed by atoms with Crippen molar-refractivity contribution in [1.29, 1.82) is 0 Å². The number of hydrogen-bond acceptors (Lipinski definition) is 7. The van der Waals surface area contributed by atoms with Crippen LogP contribution in [-0.2, 0) is 10.2 Å². The number of halogens is 1. The van der Waals surface area contributed by atoms with E-state index < -0.39 is 11.9 Å². The first kappa shape index (κ1) is 18.7. The average molecular weight is 386 g/mol. The number of aliphatic hydroxyl groups excluding tert-OH is 1. The predicted octanol–water partition coefficient (Wildman–Crippen LogP) is 2.18. The SMILES string of the molecule is CC(C)(C)c1cnc(-c2cc(F)c3cnc(N[C@@H]4CCOC[C@H]4O)nn23)nc1. The highest BCUT2D eigenvalue weighted by Crippen LogP contribution is 2.25. The van der Waals surface area contributed by atoms with E-state index in [9.17, 15) is 9.50 Å². The Morgan fingerprint density at radius 3 is 2.64 bits per heavy atom. The molecule has 1 fully saturated rings. The zero-order valence-corrected chi connectivity index (χ0v) is 16.1. The molecule has 0 radical (unpaired) electrons. The van der Waals surface area contributed by atoms with Crippen LogP contribution in [-0.4, -0.2) is 55.0 Å². The summed E-state index contributed by atoms with van der Waals surface area (Å²) in [5.41, 5.74) is 1.58. The molecular formula is C19H23FN6O2. The number of anilines is 1. The first-order valence-electron chi connectivity index (χ1n) is 9.22. The van der Waals surface area contributed by atoms with Gasteiger partial charge in [0.05, 0.1) is 24.9 Å². The summed E-state index contributed by atoms with van der Waals surface area (Å²) >= 11 is 0. The molecule has 2 N–H and O–H groups in total. The van der Waals surface area contributed by atoms with Crippen molar-refractivity contribution in [2.24, 2.45) is 0 Å². The highest BCUT2D eigenvalue weighted by Gasteiger charge is 2.25. The molecule has 0 unspecified atom stereocenters. The fourth-order valence-corrected chi connectivity index (χ4v) is 3.08. The van der Waals surface area contributed by atoms with Gasteiger partial charge in [0, 0.05) is 25.1 Å². The van der Waals surface area contributed by atoms with Crippen LogP contribution in [0.15, 0.2) is 24.7 Å². The monoisotopic (exact) mass is 386 g/mol.